The molecular formula is C15H21NO3S2. The molecule has 1 aliphatic carbocycles. The Kier molecular flexibility index (Phi) is 4.42. The maximum absolute atomic E-state index is 12.1. The number of methoxy groups -OCH3 is 1. The van der Waals surface area contributed by atoms with Crippen LogP contribution in [0.15, 0.2) is 24.3 Å². The highest BCUT2D eigenvalue weighted by Crippen LogP contribution is 2.63. The predicted molar refractivity (Wildman–Crippen MR) is 88.3 cm³/mol. The number of sulfone groups is 1. The average Bonchev–Trinajstić information content (AvgIpc) is 3.10. The third-order valence-corrected chi connectivity index (χ3v) is 6.30. The molecular weight excluding hydrogens is 306 g/mol. The second-order valence-corrected chi connectivity index (χ2v) is 8.27. The molecule has 1 aromatic rings. The summed E-state index contributed by atoms with van der Waals surface area (Å²) in [7, 11) is -1.73. The van der Waals surface area contributed by atoms with Crippen LogP contribution in [0.1, 0.15) is 24.0 Å². The van der Waals surface area contributed by atoms with Crippen LogP contribution in [0.2, 0.25) is 0 Å². The number of rotatable bonds is 6. The van der Waals surface area contributed by atoms with Crippen LogP contribution in [0.3, 0.4) is 0 Å². The first-order valence-corrected chi connectivity index (χ1v) is 9.21. The number of hydrogen-bond acceptors (Lipinski definition) is 4. The molecule has 0 saturated heterocycles. The smallest absolute Gasteiger partial charge is 0.152 e. The van der Waals surface area contributed by atoms with E-state index in [-0.39, 0.29) is 17.5 Å². The van der Waals surface area contributed by atoms with Crippen LogP contribution in [-0.4, -0.2) is 38.6 Å². The van der Waals surface area contributed by atoms with Crippen molar-refractivity contribution in [2.45, 2.75) is 24.5 Å². The van der Waals surface area contributed by atoms with Crippen molar-refractivity contribution in [3.05, 3.63) is 35.4 Å². The Morgan fingerprint density at radius 2 is 1.95 bits per heavy atom. The highest BCUT2D eigenvalue weighted by atomic mass is 32.2. The van der Waals surface area contributed by atoms with Crippen LogP contribution in [0, 0.1) is 5.41 Å². The summed E-state index contributed by atoms with van der Waals surface area (Å²) in [6, 6.07) is 7.98. The number of ether oxygens (including phenoxy) is 1. The molecule has 1 aliphatic rings. The summed E-state index contributed by atoms with van der Waals surface area (Å²) in [5.74, 6) is -0.226. The van der Waals surface area contributed by atoms with Gasteiger partial charge in [0.2, 0.25) is 0 Å². The Balaban J connectivity index is 2.46. The van der Waals surface area contributed by atoms with E-state index in [1.807, 2.05) is 24.3 Å². The van der Waals surface area contributed by atoms with Crippen molar-refractivity contribution in [2.24, 2.45) is 11.1 Å². The third-order valence-electron chi connectivity index (χ3n) is 4.31. The van der Waals surface area contributed by atoms with E-state index in [4.69, 9.17) is 22.7 Å². The summed E-state index contributed by atoms with van der Waals surface area (Å²) < 4.78 is 29.5. The Morgan fingerprint density at radius 3 is 2.33 bits per heavy atom. The van der Waals surface area contributed by atoms with E-state index in [0.717, 1.165) is 12.0 Å². The molecule has 1 saturated carbocycles. The SMILES string of the molecule is CCc1ccc([C@@H]2[C@@H](S(C)(=O)=O)[C@@]2(COC)C(N)=S)cc1. The molecule has 0 aliphatic heterocycles. The molecule has 0 unspecified atom stereocenters. The molecule has 3 atom stereocenters. The first kappa shape index (κ1) is 16.4. The van der Waals surface area contributed by atoms with E-state index in [1.54, 1.807) is 0 Å². The normalized spacial score (nSPS) is 28.3. The minimum absolute atomic E-state index is 0.212. The van der Waals surface area contributed by atoms with Crippen LogP contribution < -0.4 is 5.73 Å². The van der Waals surface area contributed by atoms with E-state index >= 15 is 0 Å². The Labute approximate surface area is 131 Å². The highest BCUT2D eigenvalue weighted by Gasteiger charge is 2.71. The van der Waals surface area contributed by atoms with E-state index in [1.165, 1.54) is 18.9 Å². The van der Waals surface area contributed by atoms with Gasteiger partial charge in [-0.1, -0.05) is 43.4 Å². The summed E-state index contributed by atoms with van der Waals surface area (Å²) in [5.41, 5.74) is 7.25. The molecule has 0 bridgehead atoms. The zero-order valence-electron chi connectivity index (χ0n) is 12.5. The fraction of sp³-hybridized carbons (Fsp3) is 0.533. The number of hydrogen-bond donors (Lipinski definition) is 1. The van der Waals surface area contributed by atoms with Crippen LogP contribution in [0.4, 0.5) is 0 Å². The third kappa shape index (κ3) is 2.72. The quantitative estimate of drug-likeness (QED) is 0.805. The van der Waals surface area contributed by atoms with E-state index < -0.39 is 20.5 Å². The summed E-state index contributed by atoms with van der Waals surface area (Å²) in [6.45, 7) is 2.30. The van der Waals surface area contributed by atoms with Gasteiger partial charge in [0.25, 0.3) is 0 Å². The first-order valence-electron chi connectivity index (χ1n) is 6.85. The van der Waals surface area contributed by atoms with Crippen molar-refractivity contribution in [2.75, 3.05) is 20.0 Å². The van der Waals surface area contributed by atoms with Gasteiger partial charge >= 0.3 is 0 Å². The molecule has 2 N–H and O–H groups in total. The van der Waals surface area contributed by atoms with Gasteiger partial charge in [-0.05, 0) is 17.5 Å². The van der Waals surface area contributed by atoms with Gasteiger partial charge in [-0.2, -0.15) is 0 Å². The lowest BCUT2D eigenvalue weighted by molar-refractivity contribution is 0.166. The van der Waals surface area contributed by atoms with Crippen LogP contribution in [0.5, 0.6) is 0 Å². The van der Waals surface area contributed by atoms with Gasteiger partial charge in [-0.15, -0.1) is 0 Å². The monoisotopic (exact) mass is 327 g/mol. The average molecular weight is 327 g/mol. The van der Waals surface area contributed by atoms with E-state index in [9.17, 15) is 8.42 Å². The van der Waals surface area contributed by atoms with Crippen molar-refractivity contribution in [3.8, 4) is 0 Å². The number of aryl methyl sites for hydroxylation is 1. The molecule has 116 valence electrons. The van der Waals surface area contributed by atoms with E-state index in [0.29, 0.717) is 0 Å². The van der Waals surface area contributed by atoms with Crippen LogP contribution in [0.25, 0.3) is 0 Å². The summed E-state index contributed by atoms with van der Waals surface area (Å²) in [4.78, 5) is 0.212. The zero-order valence-corrected chi connectivity index (χ0v) is 14.1. The van der Waals surface area contributed by atoms with Gasteiger partial charge in [0.1, 0.15) is 0 Å². The Hall–Kier alpha value is -0.980. The molecule has 0 aromatic heterocycles. The minimum Gasteiger partial charge on any atom is -0.393 e. The van der Waals surface area contributed by atoms with Gasteiger partial charge in [0.05, 0.1) is 22.3 Å². The second-order valence-electron chi connectivity index (χ2n) is 5.66. The standard InChI is InChI=1S/C15H21NO3S2/c1-4-10-5-7-11(8-6-10)12-13(21(3,17)18)15(12,9-19-2)14(16)20/h5-8,12-13H,4,9H2,1-3H3,(H2,16,20)/t12-,13-,15+/m1/s1. The Morgan fingerprint density at radius 1 is 1.38 bits per heavy atom. The number of benzene rings is 1. The maximum atomic E-state index is 12.1. The molecule has 1 fully saturated rings. The maximum Gasteiger partial charge on any atom is 0.152 e. The molecule has 0 heterocycles. The van der Waals surface area contributed by atoms with Crippen molar-refractivity contribution in [1.29, 1.82) is 0 Å². The largest absolute Gasteiger partial charge is 0.393 e. The lowest BCUT2D eigenvalue weighted by Gasteiger charge is -2.15. The van der Waals surface area contributed by atoms with Crippen LogP contribution >= 0.6 is 12.2 Å². The van der Waals surface area contributed by atoms with Gasteiger partial charge in [0, 0.05) is 19.3 Å². The summed E-state index contributed by atoms with van der Waals surface area (Å²) >= 11 is 5.16. The van der Waals surface area contributed by atoms with Gasteiger partial charge < -0.3 is 10.5 Å². The predicted octanol–water partition coefficient (Wildman–Crippen LogP) is 1.68. The molecule has 0 spiro atoms. The highest BCUT2D eigenvalue weighted by molar-refractivity contribution is 7.92. The van der Waals surface area contributed by atoms with Gasteiger partial charge in [-0.3, -0.25) is 0 Å². The molecule has 0 amide bonds. The van der Waals surface area contributed by atoms with Gasteiger partial charge in [-0.25, -0.2) is 8.42 Å². The zero-order chi connectivity index (χ0) is 15.8. The topological polar surface area (TPSA) is 69.4 Å². The van der Waals surface area contributed by atoms with Gasteiger partial charge in [0.15, 0.2) is 9.84 Å². The van der Waals surface area contributed by atoms with Crippen LogP contribution in [-0.2, 0) is 21.0 Å². The summed E-state index contributed by atoms with van der Waals surface area (Å²) in [6.07, 6.45) is 2.18. The molecule has 4 nitrogen and oxygen atoms in total. The van der Waals surface area contributed by atoms with E-state index in [2.05, 4.69) is 6.92 Å². The lowest BCUT2D eigenvalue weighted by atomic mass is 9.98. The minimum atomic E-state index is -3.26. The van der Waals surface area contributed by atoms with Crippen molar-refractivity contribution in [3.63, 3.8) is 0 Å². The fourth-order valence-electron chi connectivity index (χ4n) is 3.24. The first-order chi connectivity index (χ1) is 9.79. The molecule has 0 radical (unpaired) electrons. The second kappa shape index (κ2) is 5.66. The Bertz CT molecular complexity index is 639. The fourth-order valence-corrected chi connectivity index (χ4v) is 5.55. The number of nitrogens with two attached hydrogens (primary N) is 1. The molecule has 1 aromatic carbocycles. The van der Waals surface area contributed by atoms with Crippen molar-refractivity contribution < 1.29 is 13.2 Å². The lowest BCUT2D eigenvalue weighted by Crippen LogP contribution is -2.32. The number of thiocarbonyl (C=S) groups is 1. The van der Waals surface area contributed by atoms with Crippen molar-refractivity contribution >= 4 is 27.0 Å². The molecule has 21 heavy (non-hydrogen) atoms. The molecule has 2 rings (SSSR count). The summed E-state index contributed by atoms with van der Waals surface area (Å²) in [5, 5.41) is -0.602. The van der Waals surface area contributed by atoms with Crippen molar-refractivity contribution in [1.82, 2.24) is 0 Å². The molecule has 6 heteroatoms.